The number of alkyl carbamates (subject to hydrolysis) is 1. The first-order valence-corrected chi connectivity index (χ1v) is 9.23. The first-order chi connectivity index (χ1) is 13.6. The summed E-state index contributed by atoms with van der Waals surface area (Å²) >= 11 is 0. The minimum atomic E-state index is -1.06. The van der Waals surface area contributed by atoms with E-state index >= 15 is 0 Å². The van der Waals surface area contributed by atoms with Crippen molar-refractivity contribution in [3.8, 4) is 11.1 Å². The monoisotopic (exact) mass is 384 g/mol. The van der Waals surface area contributed by atoms with Gasteiger partial charge in [0.1, 0.15) is 12.6 Å². The Balaban J connectivity index is 1.42. The zero-order valence-electron chi connectivity index (χ0n) is 15.5. The SMILES string of the molecule is NC(CCOCCNC(=O)OCC1c2ccccc2-c2ccccc21)C(=O)O. The average Bonchev–Trinajstić information content (AvgIpc) is 3.02. The minimum Gasteiger partial charge on any atom is -0.480 e. The Morgan fingerprint density at radius 1 is 1.04 bits per heavy atom. The Hall–Kier alpha value is -2.90. The van der Waals surface area contributed by atoms with E-state index in [9.17, 15) is 9.59 Å². The van der Waals surface area contributed by atoms with Crippen molar-refractivity contribution in [2.45, 2.75) is 18.4 Å². The summed E-state index contributed by atoms with van der Waals surface area (Å²) in [5.41, 5.74) is 10.1. The van der Waals surface area contributed by atoms with Crippen LogP contribution in [0.4, 0.5) is 4.79 Å². The van der Waals surface area contributed by atoms with Gasteiger partial charge in [-0.3, -0.25) is 4.79 Å². The number of ether oxygens (including phenoxy) is 2. The Labute approximate surface area is 163 Å². The number of carboxylic acids is 1. The van der Waals surface area contributed by atoms with E-state index in [0.29, 0.717) is 0 Å². The van der Waals surface area contributed by atoms with Crippen LogP contribution in [-0.4, -0.2) is 49.6 Å². The van der Waals surface area contributed by atoms with Crippen LogP contribution >= 0.6 is 0 Å². The highest BCUT2D eigenvalue weighted by molar-refractivity contribution is 5.79. The Morgan fingerprint density at radius 2 is 1.64 bits per heavy atom. The molecule has 28 heavy (non-hydrogen) atoms. The predicted molar refractivity (Wildman–Crippen MR) is 104 cm³/mol. The molecule has 0 fully saturated rings. The fourth-order valence-electron chi connectivity index (χ4n) is 3.31. The van der Waals surface area contributed by atoms with Crippen molar-refractivity contribution in [3.63, 3.8) is 0 Å². The molecule has 0 aliphatic heterocycles. The van der Waals surface area contributed by atoms with Crippen LogP contribution in [0.2, 0.25) is 0 Å². The summed E-state index contributed by atoms with van der Waals surface area (Å²) in [5, 5.41) is 11.3. The average molecular weight is 384 g/mol. The van der Waals surface area contributed by atoms with Crippen molar-refractivity contribution in [1.82, 2.24) is 5.32 Å². The molecule has 3 rings (SSSR count). The third-order valence-electron chi connectivity index (χ3n) is 4.75. The highest BCUT2D eigenvalue weighted by Crippen LogP contribution is 2.44. The molecule has 0 radical (unpaired) electrons. The van der Waals surface area contributed by atoms with Crippen molar-refractivity contribution in [1.29, 1.82) is 0 Å². The molecule has 0 saturated heterocycles. The molecule has 1 aliphatic carbocycles. The zero-order valence-corrected chi connectivity index (χ0v) is 15.5. The van der Waals surface area contributed by atoms with Crippen molar-refractivity contribution < 1.29 is 24.2 Å². The van der Waals surface area contributed by atoms with Crippen LogP contribution in [-0.2, 0) is 14.3 Å². The number of carbonyl (C=O) groups excluding carboxylic acids is 1. The molecule has 1 amide bonds. The summed E-state index contributed by atoms with van der Waals surface area (Å²) in [6.07, 6.45) is -0.284. The third kappa shape index (κ3) is 4.68. The Bertz CT molecular complexity index is 794. The van der Waals surface area contributed by atoms with E-state index in [2.05, 4.69) is 29.6 Å². The number of fused-ring (bicyclic) bond motifs is 3. The number of nitrogens with one attached hydrogen (secondary N) is 1. The smallest absolute Gasteiger partial charge is 0.407 e. The molecule has 0 bridgehead atoms. The Kier molecular flexibility index (Phi) is 6.62. The molecule has 1 unspecified atom stereocenters. The molecular formula is C21H24N2O5. The summed E-state index contributed by atoms with van der Waals surface area (Å²) in [5.74, 6) is -1.03. The number of amides is 1. The second-order valence-electron chi connectivity index (χ2n) is 6.60. The van der Waals surface area contributed by atoms with Gasteiger partial charge in [-0.2, -0.15) is 0 Å². The molecule has 2 aromatic carbocycles. The summed E-state index contributed by atoms with van der Waals surface area (Å²) in [6.45, 7) is 1.02. The molecule has 2 aromatic rings. The lowest BCUT2D eigenvalue weighted by molar-refractivity contribution is -0.139. The van der Waals surface area contributed by atoms with Crippen LogP contribution in [0.3, 0.4) is 0 Å². The lowest BCUT2D eigenvalue weighted by Gasteiger charge is -2.14. The van der Waals surface area contributed by atoms with E-state index in [-0.39, 0.29) is 38.7 Å². The second-order valence-corrected chi connectivity index (χ2v) is 6.60. The standard InChI is InChI=1S/C21H24N2O5/c22-19(20(24)25)9-11-27-12-10-23-21(26)28-13-18-16-7-3-1-5-14(16)15-6-2-4-8-17(15)18/h1-8,18-19H,9-13,22H2,(H,23,26)(H,24,25). The van der Waals surface area contributed by atoms with Crippen molar-refractivity contribution in [2.75, 3.05) is 26.4 Å². The van der Waals surface area contributed by atoms with Gasteiger partial charge < -0.3 is 25.6 Å². The van der Waals surface area contributed by atoms with Gasteiger partial charge >= 0.3 is 12.1 Å². The van der Waals surface area contributed by atoms with Crippen LogP contribution in [0, 0.1) is 0 Å². The summed E-state index contributed by atoms with van der Waals surface area (Å²) in [4.78, 5) is 22.6. The fraction of sp³-hybridized carbons (Fsp3) is 0.333. The molecule has 0 spiro atoms. The largest absolute Gasteiger partial charge is 0.480 e. The van der Waals surface area contributed by atoms with Crippen molar-refractivity contribution in [3.05, 3.63) is 59.7 Å². The van der Waals surface area contributed by atoms with Gasteiger partial charge in [-0.05, 0) is 28.7 Å². The van der Waals surface area contributed by atoms with Gasteiger partial charge in [0, 0.05) is 19.1 Å². The number of rotatable bonds is 9. The number of carboxylic acid groups (broad SMARTS) is 1. The maximum atomic E-state index is 12.0. The van der Waals surface area contributed by atoms with Crippen molar-refractivity contribution in [2.24, 2.45) is 5.73 Å². The van der Waals surface area contributed by atoms with Crippen LogP contribution in [0.1, 0.15) is 23.5 Å². The lowest BCUT2D eigenvalue weighted by atomic mass is 9.98. The first kappa shape index (κ1) is 19.9. The molecular weight excluding hydrogens is 360 g/mol. The zero-order chi connectivity index (χ0) is 19.9. The Morgan fingerprint density at radius 3 is 2.25 bits per heavy atom. The van der Waals surface area contributed by atoms with Crippen LogP contribution in [0.15, 0.2) is 48.5 Å². The topological polar surface area (TPSA) is 111 Å². The van der Waals surface area contributed by atoms with Gasteiger partial charge in [0.25, 0.3) is 0 Å². The quantitative estimate of drug-likeness (QED) is 0.572. The van der Waals surface area contributed by atoms with Crippen LogP contribution < -0.4 is 11.1 Å². The number of hydrogen-bond donors (Lipinski definition) is 3. The van der Waals surface area contributed by atoms with E-state index in [4.69, 9.17) is 20.3 Å². The van der Waals surface area contributed by atoms with Crippen LogP contribution in [0.5, 0.6) is 0 Å². The molecule has 0 aromatic heterocycles. The number of aliphatic carboxylic acids is 1. The van der Waals surface area contributed by atoms with E-state index in [1.165, 1.54) is 11.1 Å². The summed E-state index contributed by atoms with van der Waals surface area (Å²) in [7, 11) is 0. The lowest BCUT2D eigenvalue weighted by Crippen LogP contribution is -2.32. The second kappa shape index (κ2) is 9.34. The van der Waals surface area contributed by atoms with Crippen molar-refractivity contribution >= 4 is 12.1 Å². The molecule has 148 valence electrons. The van der Waals surface area contributed by atoms with Gasteiger partial charge in [-0.15, -0.1) is 0 Å². The molecule has 7 nitrogen and oxygen atoms in total. The van der Waals surface area contributed by atoms with Crippen LogP contribution in [0.25, 0.3) is 11.1 Å². The van der Waals surface area contributed by atoms with E-state index in [1.807, 2.05) is 24.3 Å². The summed E-state index contributed by atoms with van der Waals surface area (Å²) < 4.78 is 10.7. The molecule has 0 heterocycles. The molecule has 1 aliphatic rings. The highest BCUT2D eigenvalue weighted by atomic mass is 16.5. The summed E-state index contributed by atoms with van der Waals surface area (Å²) in [6, 6.07) is 15.4. The molecule has 4 N–H and O–H groups in total. The van der Waals surface area contributed by atoms with Gasteiger partial charge in [0.05, 0.1) is 6.61 Å². The minimum absolute atomic E-state index is 0.0203. The predicted octanol–water partition coefficient (Wildman–Crippen LogP) is 2.34. The molecule has 7 heteroatoms. The van der Waals surface area contributed by atoms with Gasteiger partial charge in [0.15, 0.2) is 0 Å². The normalized spacial score (nSPS) is 13.5. The van der Waals surface area contributed by atoms with E-state index in [0.717, 1.165) is 11.1 Å². The molecule has 1 atom stereocenters. The fourth-order valence-corrected chi connectivity index (χ4v) is 3.31. The first-order valence-electron chi connectivity index (χ1n) is 9.23. The van der Waals surface area contributed by atoms with Gasteiger partial charge in [-0.25, -0.2) is 4.79 Å². The van der Waals surface area contributed by atoms with Gasteiger partial charge in [-0.1, -0.05) is 48.5 Å². The number of carbonyl (C=O) groups is 2. The molecule has 0 saturated carbocycles. The number of benzene rings is 2. The van der Waals surface area contributed by atoms with Gasteiger partial charge in [0.2, 0.25) is 0 Å². The third-order valence-corrected chi connectivity index (χ3v) is 4.75. The number of hydrogen-bond acceptors (Lipinski definition) is 5. The van der Waals surface area contributed by atoms with E-state index < -0.39 is 18.1 Å². The maximum absolute atomic E-state index is 12.0. The number of nitrogens with two attached hydrogens (primary N) is 1. The maximum Gasteiger partial charge on any atom is 0.407 e. The highest BCUT2D eigenvalue weighted by Gasteiger charge is 2.28. The van der Waals surface area contributed by atoms with E-state index in [1.54, 1.807) is 0 Å².